The number of rotatable bonds is 3. The van der Waals surface area contributed by atoms with Crippen molar-refractivity contribution in [2.75, 3.05) is 10.6 Å². The molecule has 2 amide bonds. The molecule has 2 aromatic rings. The van der Waals surface area contributed by atoms with E-state index in [9.17, 15) is 9.59 Å². The van der Waals surface area contributed by atoms with Gasteiger partial charge in [-0.15, -0.1) is 0 Å². The molecular formula is C12H12N4O3. The molecule has 0 spiro atoms. The van der Waals surface area contributed by atoms with Crippen LogP contribution >= 0.6 is 0 Å². The summed E-state index contributed by atoms with van der Waals surface area (Å²) in [7, 11) is 0. The van der Waals surface area contributed by atoms with Gasteiger partial charge >= 0.3 is 12.0 Å². The number of aromatic amines is 1. The number of carboxylic acid groups (broad SMARTS) is 1. The van der Waals surface area contributed by atoms with Crippen LogP contribution in [0.5, 0.6) is 0 Å². The standard InChI is InChI=1S/C12H12N4O3/c1-7-5-9(10(14-7)11(17)18)16-12(19)15-8-3-2-4-13-6-8/h2-6,14H,1H3,(H,17,18)(H2,15,16,19). The van der Waals surface area contributed by atoms with Crippen LogP contribution in [0.4, 0.5) is 16.2 Å². The van der Waals surface area contributed by atoms with Crippen LogP contribution < -0.4 is 10.6 Å². The molecule has 2 heterocycles. The van der Waals surface area contributed by atoms with Crippen molar-refractivity contribution < 1.29 is 14.7 Å². The van der Waals surface area contributed by atoms with E-state index in [0.29, 0.717) is 11.4 Å². The van der Waals surface area contributed by atoms with Crippen LogP contribution in [0.2, 0.25) is 0 Å². The summed E-state index contributed by atoms with van der Waals surface area (Å²) >= 11 is 0. The fourth-order valence-corrected chi connectivity index (χ4v) is 1.58. The second-order valence-electron chi connectivity index (χ2n) is 3.87. The number of hydrogen-bond acceptors (Lipinski definition) is 3. The number of nitrogens with zero attached hydrogens (tertiary/aromatic N) is 1. The quantitative estimate of drug-likeness (QED) is 0.677. The molecule has 19 heavy (non-hydrogen) atoms. The van der Waals surface area contributed by atoms with Crippen LogP contribution in [0.1, 0.15) is 16.2 Å². The zero-order chi connectivity index (χ0) is 13.8. The van der Waals surface area contributed by atoms with Gasteiger partial charge < -0.3 is 20.7 Å². The average molecular weight is 260 g/mol. The first-order valence-electron chi connectivity index (χ1n) is 5.47. The van der Waals surface area contributed by atoms with Crippen LogP contribution in [0.25, 0.3) is 0 Å². The van der Waals surface area contributed by atoms with Gasteiger partial charge in [0.05, 0.1) is 17.6 Å². The summed E-state index contributed by atoms with van der Waals surface area (Å²) in [6, 6.07) is 4.37. The van der Waals surface area contributed by atoms with Crippen molar-refractivity contribution in [2.45, 2.75) is 6.92 Å². The maximum atomic E-state index is 11.7. The summed E-state index contributed by atoms with van der Waals surface area (Å²) < 4.78 is 0. The number of H-pyrrole nitrogens is 1. The van der Waals surface area contributed by atoms with Gasteiger partial charge in [0, 0.05) is 11.9 Å². The normalized spacial score (nSPS) is 9.95. The molecule has 0 fully saturated rings. The minimum absolute atomic E-state index is 0.0566. The van der Waals surface area contributed by atoms with Crippen molar-refractivity contribution in [2.24, 2.45) is 0 Å². The first kappa shape index (κ1) is 12.6. The Bertz CT molecular complexity index is 607. The third kappa shape index (κ3) is 3.09. The molecule has 2 aromatic heterocycles. The smallest absolute Gasteiger partial charge is 0.354 e. The molecule has 0 aliphatic rings. The van der Waals surface area contributed by atoms with E-state index in [2.05, 4.69) is 20.6 Å². The van der Waals surface area contributed by atoms with Crippen LogP contribution in [0, 0.1) is 6.92 Å². The number of urea groups is 1. The molecule has 0 aromatic carbocycles. The van der Waals surface area contributed by atoms with E-state index < -0.39 is 12.0 Å². The summed E-state index contributed by atoms with van der Waals surface area (Å²) in [5.74, 6) is -1.13. The van der Waals surface area contributed by atoms with Gasteiger partial charge in [0.25, 0.3) is 0 Å². The third-order valence-electron chi connectivity index (χ3n) is 2.33. The SMILES string of the molecule is Cc1cc(NC(=O)Nc2cccnc2)c(C(=O)O)[nH]1. The van der Waals surface area contributed by atoms with Crippen molar-refractivity contribution in [3.05, 3.63) is 42.0 Å². The number of carboxylic acids is 1. The molecule has 0 radical (unpaired) electrons. The van der Waals surface area contributed by atoms with Crippen molar-refractivity contribution in [1.29, 1.82) is 0 Å². The van der Waals surface area contributed by atoms with E-state index in [1.807, 2.05) is 0 Å². The fourth-order valence-electron chi connectivity index (χ4n) is 1.58. The molecule has 0 unspecified atom stereocenters. The Hall–Kier alpha value is -2.83. The summed E-state index contributed by atoms with van der Waals surface area (Å²) in [6.45, 7) is 1.71. The minimum atomic E-state index is -1.13. The van der Waals surface area contributed by atoms with E-state index >= 15 is 0 Å². The lowest BCUT2D eigenvalue weighted by Crippen LogP contribution is -2.20. The highest BCUT2D eigenvalue weighted by atomic mass is 16.4. The van der Waals surface area contributed by atoms with Gasteiger partial charge in [-0.25, -0.2) is 9.59 Å². The lowest BCUT2D eigenvalue weighted by molar-refractivity contribution is 0.0692. The number of carbonyl (C=O) groups excluding carboxylic acids is 1. The van der Waals surface area contributed by atoms with Gasteiger partial charge in [0.15, 0.2) is 0 Å². The number of pyridine rings is 1. The average Bonchev–Trinajstić information content (AvgIpc) is 2.71. The largest absolute Gasteiger partial charge is 0.477 e. The van der Waals surface area contributed by atoms with Crippen molar-refractivity contribution >= 4 is 23.4 Å². The molecule has 0 aliphatic heterocycles. The van der Waals surface area contributed by atoms with E-state index in [-0.39, 0.29) is 11.4 Å². The summed E-state index contributed by atoms with van der Waals surface area (Å²) in [5.41, 5.74) is 1.32. The monoisotopic (exact) mass is 260 g/mol. The lowest BCUT2D eigenvalue weighted by Gasteiger charge is -2.06. The molecular weight excluding hydrogens is 248 g/mol. The lowest BCUT2D eigenvalue weighted by atomic mass is 10.3. The molecule has 98 valence electrons. The summed E-state index contributed by atoms with van der Waals surface area (Å²) in [6.07, 6.45) is 3.07. The predicted molar refractivity (Wildman–Crippen MR) is 69.4 cm³/mol. The predicted octanol–water partition coefficient (Wildman–Crippen LogP) is 2.06. The Labute approximate surface area is 108 Å². The highest BCUT2D eigenvalue weighted by molar-refractivity contribution is 6.04. The van der Waals surface area contributed by atoms with Gasteiger partial charge in [0.2, 0.25) is 0 Å². The number of carbonyl (C=O) groups is 2. The number of aryl methyl sites for hydroxylation is 1. The molecule has 7 heteroatoms. The van der Waals surface area contributed by atoms with Gasteiger partial charge in [-0.2, -0.15) is 0 Å². The fraction of sp³-hybridized carbons (Fsp3) is 0.0833. The Balaban J connectivity index is 2.09. The first-order chi connectivity index (χ1) is 9.06. The number of amides is 2. The topological polar surface area (TPSA) is 107 Å². The van der Waals surface area contributed by atoms with Crippen molar-refractivity contribution in [3.8, 4) is 0 Å². The molecule has 4 N–H and O–H groups in total. The second-order valence-corrected chi connectivity index (χ2v) is 3.87. The molecule has 0 atom stereocenters. The zero-order valence-electron chi connectivity index (χ0n) is 10.1. The van der Waals surface area contributed by atoms with Crippen molar-refractivity contribution in [1.82, 2.24) is 9.97 Å². The number of aromatic nitrogens is 2. The molecule has 7 nitrogen and oxygen atoms in total. The van der Waals surface area contributed by atoms with Gasteiger partial charge in [-0.3, -0.25) is 4.98 Å². The summed E-state index contributed by atoms with van der Waals surface area (Å²) in [4.78, 5) is 29.2. The molecule has 0 bridgehead atoms. The maximum Gasteiger partial charge on any atom is 0.354 e. The number of hydrogen-bond donors (Lipinski definition) is 4. The first-order valence-corrected chi connectivity index (χ1v) is 5.47. The van der Waals surface area contributed by atoms with E-state index in [1.54, 1.807) is 31.3 Å². The van der Waals surface area contributed by atoms with Crippen LogP contribution in [-0.4, -0.2) is 27.1 Å². The number of nitrogens with one attached hydrogen (secondary N) is 3. The van der Waals surface area contributed by atoms with Gasteiger partial charge in [-0.05, 0) is 25.1 Å². The molecule has 2 rings (SSSR count). The molecule has 0 aliphatic carbocycles. The highest BCUT2D eigenvalue weighted by Crippen LogP contribution is 2.17. The maximum absolute atomic E-state index is 11.7. The summed E-state index contributed by atoms with van der Waals surface area (Å²) in [5, 5.41) is 14.0. The number of anilines is 2. The van der Waals surface area contributed by atoms with Gasteiger partial charge in [0.1, 0.15) is 5.69 Å². The number of aromatic carboxylic acids is 1. The van der Waals surface area contributed by atoms with E-state index in [1.165, 1.54) is 6.20 Å². The third-order valence-corrected chi connectivity index (χ3v) is 2.33. The minimum Gasteiger partial charge on any atom is -0.477 e. The Morgan fingerprint density at radius 2 is 2.16 bits per heavy atom. The zero-order valence-corrected chi connectivity index (χ0v) is 10.1. The van der Waals surface area contributed by atoms with Crippen molar-refractivity contribution in [3.63, 3.8) is 0 Å². The van der Waals surface area contributed by atoms with E-state index in [0.717, 1.165) is 0 Å². The van der Waals surface area contributed by atoms with Crippen LogP contribution in [-0.2, 0) is 0 Å². The Morgan fingerprint density at radius 1 is 1.37 bits per heavy atom. The highest BCUT2D eigenvalue weighted by Gasteiger charge is 2.15. The second kappa shape index (κ2) is 5.21. The van der Waals surface area contributed by atoms with Crippen LogP contribution in [0.3, 0.4) is 0 Å². The molecule has 0 saturated heterocycles. The van der Waals surface area contributed by atoms with E-state index in [4.69, 9.17) is 5.11 Å². The Kier molecular flexibility index (Phi) is 3.46. The Morgan fingerprint density at radius 3 is 2.79 bits per heavy atom. The van der Waals surface area contributed by atoms with Gasteiger partial charge in [-0.1, -0.05) is 0 Å². The van der Waals surface area contributed by atoms with Crippen LogP contribution in [0.15, 0.2) is 30.6 Å². The molecule has 0 saturated carbocycles.